The van der Waals surface area contributed by atoms with Crippen LogP contribution in [0.1, 0.15) is 290 Å². The fraction of sp³-hybridized carbons (Fsp3) is 0.846. The number of esters is 1. The summed E-state index contributed by atoms with van der Waals surface area (Å²) in [5, 5.41) is 56.9. The average molecular weight is 1070 g/mol. The Morgan fingerprint density at radius 2 is 0.908 bits per heavy atom. The molecule has 11 nitrogen and oxygen atoms in total. The first-order chi connectivity index (χ1) is 37.2. The smallest absolute Gasteiger partial charge is 0.306 e. The fourth-order valence-electron chi connectivity index (χ4n) is 9.89. The van der Waals surface area contributed by atoms with Gasteiger partial charge in [0.1, 0.15) is 24.4 Å². The lowest BCUT2D eigenvalue weighted by atomic mass is 9.99. The highest BCUT2D eigenvalue weighted by Crippen LogP contribution is 2.26. The number of amides is 1. The van der Waals surface area contributed by atoms with E-state index in [0.717, 1.165) is 77.0 Å². The molecule has 76 heavy (non-hydrogen) atoms. The van der Waals surface area contributed by atoms with Gasteiger partial charge in [0, 0.05) is 6.42 Å². The number of unbranched alkanes of at least 4 members (excludes halogenated alkanes) is 34. The molecule has 1 fully saturated rings. The molecular formula is C65H119NO10. The molecule has 0 radical (unpaired) electrons. The van der Waals surface area contributed by atoms with Gasteiger partial charge in [-0.3, -0.25) is 9.59 Å². The number of carbonyl (C=O) groups is 2. The van der Waals surface area contributed by atoms with Gasteiger partial charge < -0.3 is 45.1 Å². The van der Waals surface area contributed by atoms with Crippen LogP contribution in [0.5, 0.6) is 0 Å². The minimum absolute atomic E-state index is 0.120. The third-order valence-electron chi connectivity index (χ3n) is 15.0. The SMILES string of the molecule is CCCCC/C=C\C/C=C\C/C=C\CCCCCCCCCCCCC(=O)OC1C(OCC(NC(=O)C(O)CCCCCCCCCCCCCC)C(O)/C=C/CCCCCCCCCCCC)OC(CO)C(O)C1O. The summed E-state index contributed by atoms with van der Waals surface area (Å²) in [7, 11) is 0. The van der Waals surface area contributed by atoms with Crippen molar-refractivity contribution in [2.45, 2.75) is 339 Å². The Hall–Kier alpha value is -2.38. The van der Waals surface area contributed by atoms with Gasteiger partial charge in [-0.1, -0.05) is 268 Å². The summed E-state index contributed by atoms with van der Waals surface area (Å²) >= 11 is 0. The largest absolute Gasteiger partial charge is 0.454 e. The van der Waals surface area contributed by atoms with Crippen molar-refractivity contribution >= 4 is 11.9 Å². The predicted molar refractivity (Wildman–Crippen MR) is 315 cm³/mol. The van der Waals surface area contributed by atoms with Gasteiger partial charge in [-0.25, -0.2) is 0 Å². The molecule has 0 bridgehead atoms. The molecule has 1 aliphatic rings. The molecule has 1 rings (SSSR count). The van der Waals surface area contributed by atoms with Crippen molar-refractivity contribution in [2.24, 2.45) is 0 Å². The van der Waals surface area contributed by atoms with Gasteiger partial charge in [0.2, 0.25) is 5.91 Å². The lowest BCUT2D eigenvalue weighted by Crippen LogP contribution is -2.61. The van der Waals surface area contributed by atoms with Crippen LogP contribution < -0.4 is 5.32 Å². The molecule has 1 amide bonds. The van der Waals surface area contributed by atoms with Gasteiger partial charge in [-0.05, 0) is 64.2 Å². The summed E-state index contributed by atoms with van der Waals surface area (Å²) in [6.45, 7) is 5.77. The average Bonchev–Trinajstić information content (AvgIpc) is 3.42. The van der Waals surface area contributed by atoms with E-state index in [1.54, 1.807) is 6.08 Å². The van der Waals surface area contributed by atoms with Crippen LogP contribution in [-0.2, 0) is 23.8 Å². The van der Waals surface area contributed by atoms with E-state index in [4.69, 9.17) is 14.2 Å². The maximum absolute atomic E-state index is 13.4. The number of rotatable bonds is 54. The molecule has 0 aromatic rings. The van der Waals surface area contributed by atoms with Gasteiger partial charge in [0.15, 0.2) is 12.4 Å². The Morgan fingerprint density at radius 3 is 1.38 bits per heavy atom. The first kappa shape index (κ1) is 71.6. The molecule has 0 aromatic heterocycles. The van der Waals surface area contributed by atoms with E-state index >= 15 is 0 Å². The third-order valence-corrected chi connectivity index (χ3v) is 15.0. The topological polar surface area (TPSA) is 175 Å². The fourth-order valence-corrected chi connectivity index (χ4v) is 9.89. The van der Waals surface area contributed by atoms with Gasteiger partial charge >= 0.3 is 5.97 Å². The van der Waals surface area contributed by atoms with E-state index in [1.807, 2.05) is 6.08 Å². The zero-order valence-electron chi connectivity index (χ0n) is 49.1. The monoisotopic (exact) mass is 1070 g/mol. The number of hydrogen-bond acceptors (Lipinski definition) is 10. The van der Waals surface area contributed by atoms with Crippen LogP contribution in [0.2, 0.25) is 0 Å². The van der Waals surface area contributed by atoms with Crippen LogP contribution in [0.25, 0.3) is 0 Å². The summed E-state index contributed by atoms with van der Waals surface area (Å²) in [6, 6.07) is -1.02. The summed E-state index contributed by atoms with van der Waals surface area (Å²) in [5.41, 5.74) is 0. The van der Waals surface area contributed by atoms with Gasteiger partial charge in [0.25, 0.3) is 0 Å². The van der Waals surface area contributed by atoms with Crippen LogP contribution in [0.4, 0.5) is 0 Å². The summed E-state index contributed by atoms with van der Waals surface area (Å²) in [5.74, 6) is -1.19. The van der Waals surface area contributed by atoms with Crippen LogP contribution in [-0.4, -0.2) is 99.6 Å². The number of ether oxygens (including phenoxy) is 3. The van der Waals surface area contributed by atoms with Crippen molar-refractivity contribution in [3.05, 3.63) is 48.6 Å². The zero-order valence-corrected chi connectivity index (χ0v) is 49.1. The third kappa shape index (κ3) is 40.8. The molecule has 444 valence electrons. The number of aliphatic hydroxyl groups is 5. The Kier molecular flexibility index (Phi) is 50.2. The number of carbonyl (C=O) groups excluding carboxylic acids is 2. The highest BCUT2D eigenvalue weighted by molar-refractivity contribution is 5.80. The molecule has 0 aromatic carbocycles. The van der Waals surface area contributed by atoms with Crippen molar-refractivity contribution in [3.8, 4) is 0 Å². The zero-order chi connectivity index (χ0) is 55.4. The van der Waals surface area contributed by atoms with E-state index in [1.165, 1.54) is 167 Å². The quantitative estimate of drug-likeness (QED) is 0.0195. The van der Waals surface area contributed by atoms with Crippen molar-refractivity contribution in [1.29, 1.82) is 0 Å². The standard InChI is InChI=1S/C65H119NO10/c1-4-7-10-13-16-19-22-25-26-27-28-29-30-31-32-33-34-35-38-41-44-47-50-53-60(70)76-63-62(72)61(71)59(54-67)75-65(63)74-55-56(57(68)51-48-45-42-39-36-23-20-17-14-11-8-5-2)66-64(73)58(69)52-49-46-43-40-37-24-21-18-15-12-9-6-3/h16,19,25-26,28-29,48,51,56-59,61-63,65,67-69,71-72H,4-15,17-18,20-24,27,30-47,49-50,52-55H2,1-3H3,(H,66,73)/b19-16-,26-25-,29-28-,51-48+. The maximum atomic E-state index is 13.4. The number of aliphatic hydroxyl groups excluding tert-OH is 5. The van der Waals surface area contributed by atoms with Crippen LogP contribution >= 0.6 is 0 Å². The van der Waals surface area contributed by atoms with Crippen molar-refractivity contribution in [1.82, 2.24) is 5.32 Å². The van der Waals surface area contributed by atoms with Crippen LogP contribution in [0, 0.1) is 0 Å². The van der Waals surface area contributed by atoms with E-state index in [2.05, 4.69) is 62.5 Å². The molecule has 8 unspecified atom stereocenters. The van der Waals surface area contributed by atoms with Gasteiger partial charge in [-0.2, -0.15) is 0 Å². The lowest BCUT2D eigenvalue weighted by molar-refractivity contribution is -0.305. The number of nitrogens with one attached hydrogen (secondary N) is 1. The Balaban J connectivity index is 2.61. The maximum Gasteiger partial charge on any atom is 0.306 e. The van der Waals surface area contributed by atoms with E-state index < -0.39 is 67.4 Å². The lowest BCUT2D eigenvalue weighted by Gasteiger charge is -2.41. The van der Waals surface area contributed by atoms with Gasteiger partial charge in [0.05, 0.1) is 25.4 Å². The minimum atomic E-state index is -1.61. The van der Waals surface area contributed by atoms with E-state index in [0.29, 0.717) is 19.3 Å². The summed E-state index contributed by atoms with van der Waals surface area (Å²) in [4.78, 5) is 26.5. The van der Waals surface area contributed by atoms with Crippen LogP contribution in [0.3, 0.4) is 0 Å². The van der Waals surface area contributed by atoms with E-state index in [-0.39, 0.29) is 13.0 Å². The van der Waals surface area contributed by atoms with Crippen LogP contribution in [0.15, 0.2) is 48.6 Å². The molecule has 0 saturated carbocycles. The van der Waals surface area contributed by atoms with Crippen molar-refractivity contribution in [3.63, 3.8) is 0 Å². The second-order valence-corrected chi connectivity index (χ2v) is 22.1. The molecule has 6 N–H and O–H groups in total. The molecular weight excluding hydrogens is 955 g/mol. The van der Waals surface area contributed by atoms with Crippen molar-refractivity contribution in [2.75, 3.05) is 13.2 Å². The van der Waals surface area contributed by atoms with Crippen molar-refractivity contribution < 1.29 is 49.3 Å². The highest BCUT2D eigenvalue weighted by Gasteiger charge is 2.47. The van der Waals surface area contributed by atoms with Gasteiger partial charge in [-0.15, -0.1) is 0 Å². The molecule has 0 aliphatic carbocycles. The number of allylic oxidation sites excluding steroid dienone is 7. The molecule has 0 spiro atoms. The Morgan fingerprint density at radius 1 is 0.513 bits per heavy atom. The normalized spacial score (nSPS) is 19.4. The second kappa shape index (κ2) is 53.3. The molecule has 11 heteroatoms. The molecule has 1 saturated heterocycles. The molecule has 1 aliphatic heterocycles. The van der Waals surface area contributed by atoms with E-state index in [9.17, 15) is 35.1 Å². The molecule has 1 heterocycles. The summed E-state index contributed by atoms with van der Waals surface area (Å²) in [6.07, 6.45) is 54.3. The summed E-state index contributed by atoms with van der Waals surface area (Å²) < 4.78 is 17.6. The Bertz CT molecular complexity index is 1420. The first-order valence-corrected chi connectivity index (χ1v) is 31.9. The first-order valence-electron chi connectivity index (χ1n) is 31.9. The number of hydrogen-bond donors (Lipinski definition) is 6. The predicted octanol–water partition coefficient (Wildman–Crippen LogP) is 15.2. The minimum Gasteiger partial charge on any atom is -0.454 e. The highest BCUT2D eigenvalue weighted by atomic mass is 16.7. The second-order valence-electron chi connectivity index (χ2n) is 22.1. The molecule has 8 atom stereocenters. The Labute approximate surface area is 466 Å².